The standard InChI is InChI=1S/C7H11NO4.C2H6/c8-7(9)12-6-2-1-3-10-5-11-4-6;1-2/h1-2,6H,3-5H2,(H2,8,9);1-2H3/b2-1+;. The van der Waals surface area contributed by atoms with Crippen molar-refractivity contribution in [2.75, 3.05) is 20.0 Å². The maximum Gasteiger partial charge on any atom is 0.405 e. The zero-order valence-electron chi connectivity index (χ0n) is 8.56. The van der Waals surface area contributed by atoms with Crippen molar-refractivity contribution in [2.45, 2.75) is 20.0 Å². The van der Waals surface area contributed by atoms with Gasteiger partial charge in [0.1, 0.15) is 12.9 Å². The predicted molar refractivity (Wildman–Crippen MR) is 51.7 cm³/mol. The Bertz CT molecular complexity index is 182. The SMILES string of the molecule is CC.NC(=O)OC1/C=C/COCOC1. The van der Waals surface area contributed by atoms with Crippen molar-refractivity contribution in [1.82, 2.24) is 0 Å². The first-order valence-electron chi connectivity index (χ1n) is 4.57. The van der Waals surface area contributed by atoms with E-state index in [4.69, 9.17) is 19.9 Å². The molecule has 14 heavy (non-hydrogen) atoms. The van der Waals surface area contributed by atoms with E-state index in [1.165, 1.54) is 0 Å². The Morgan fingerprint density at radius 2 is 2.21 bits per heavy atom. The summed E-state index contributed by atoms with van der Waals surface area (Å²) in [4.78, 5) is 10.3. The molecule has 5 nitrogen and oxygen atoms in total. The highest BCUT2D eigenvalue weighted by molar-refractivity contribution is 5.65. The molecule has 1 heterocycles. The molecule has 1 atom stereocenters. The molecule has 0 aliphatic carbocycles. The van der Waals surface area contributed by atoms with Gasteiger partial charge in [0.15, 0.2) is 0 Å². The van der Waals surface area contributed by atoms with Gasteiger partial charge in [0.25, 0.3) is 0 Å². The van der Waals surface area contributed by atoms with Gasteiger partial charge < -0.3 is 19.9 Å². The van der Waals surface area contributed by atoms with Gasteiger partial charge in [-0.25, -0.2) is 4.79 Å². The number of primary amides is 1. The number of hydrogen-bond donors (Lipinski definition) is 1. The van der Waals surface area contributed by atoms with E-state index in [1.807, 2.05) is 13.8 Å². The first kappa shape index (κ1) is 12.9. The van der Waals surface area contributed by atoms with E-state index in [0.717, 1.165) is 0 Å². The summed E-state index contributed by atoms with van der Waals surface area (Å²) in [7, 11) is 0. The lowest BCUT2D eigenvalue weighted by atomic mass is 10.3. The van der Waals surface area contributed by atoms with E-state index >= 15 is 0 Å². The summed E-state index contributed by atoms with van der Waals surface area (Å²) in [6.45, 7) is 4.95. The Morgan fingerprint density at radius 1 is 1.50 bits per heavy atom. The Balaban J connectivity index is 0.000000791. The number of carbonyl (C=O) groups excluding carboxylic acids is 1. The van der Waals surface area contributed by atoms with Crippen molar-refractivity contribution in [2.24, 2.45) is 5.73 Å². The maximum atomic E-state index is 10.3. The highest BCUT2D eigenvalue weighted by Crippen LogP contribution is 1.99. The molecule has 1 rings (SSSR count). The molecule has 1 unspecified atom stereocenters. The third-order valence-corrected chi connectivity index (χ3v) is 1.28. The highest BCUT2D eigenvalue weighted by Gasteiger charge is 2.09. The zero-order chi connectivity index (χ0) is 10.8. The first-order valence-corrected chi connectivity index (χ1v) is 4.57. The third-order valence-electron chi connectivity index (χ3n) is 1.28. The molecular weight excluding hydrogens is 186 g/mol. The molecule has 1 amide bonds. The molecule has 0 bridgehead atoms. The quantitative estimate of drug-likeness (QED) is 0.646. The van der Waals surface area contributed by atoms with E-state index < -0.39 is 12.2 Å². The van der Waals surface area contributed by atoms with Crippen LogP contribution in [-0.2, 0) is 14.2 Å². The van der Waals surface area contributed by atoms with Gasteiger partial charge in [-0.3, -0.25) is 0 Å². The van der Waals surface area contributed by atoms with Gasteiger partial charge in [-0.1, -0.05) is 19.9 Å². The van der Waals surface area contributed by atoms with Crippen LogP contribution in [0.3, 0.4) is 0 Å². The Labute approximate surface area is 83.8 Å². The summed E-state index contributed by atoms with van der Waals surface area (Å²) in [6.07, 6.45) is 2.25. The fourth-order valence-electron chi connectivity index (χ4n) is 0.825. The van der Waals surface area contributed by atoms with Crippen LogP contribution >= 0.6 is 0 Å². The summed E-state index contributed by atoms with van der Waals surface area (Å²) >= 11 is 0. The van der Waals surface area contributed by atoms with Crippen LogP contribution in [0.25, 0.3) is 0 Å². The summed E-state index contributed by atoms with van der Waals surface area (Å²) in [5.74, 6) is 0. The number of hydrogen-bond acceptors (Lipinski definition) is 4. The van der Waals surface area contributed by atoms with E-state index in [0.29, 0.717) is 6.61 Å². The topological polar surface area (TPSA) is 70.8 Å². The minimum Gasteiger partial charge on any atom is -0.440 e. The average Bonchev–Trinajstić information content (AvgIpc) is 2.12. The molecule has 2 N–H and O–H groups in total. The van der Waals surface area contributed by atoms with Crippen LogP contribution in [0.1, 0.15) is 13.8 Å². The number of carbonyl (C=O) groups is 1. The van der Waals surface area contributed by atoms with Gasteiger partial charge in [-0.05, 0) is 6.08 Å². The Morgan fingerprint density at radius 3 is 2.86 bits per heavy atom. The van der Waals surface area contributed by atoms with Crippen molar-refractivity contribution in [3.8, 4) is 0 Å². The molecule has 82 valence electrons. The normalized spacial score (nSPS) is 23.4. The third kappa shape index (κ3) is 6.45. The van der Waals surface area contributed by atoms with Crippen LogP contribution in [0.5, 0.6) is 0 Å². The van der Waals surface area contributed by atoms with Gasteiger partial charge in [0, 0.05) is 0 Å². The molecule has 0 aromatic rings. The predicted octanol–water partition coefficient (Wildman–Crippen LogP) is 1.04. The van der Waals surface area contributed by atoms with Gasteiger partial charge in [-0.2, -0.15) is 0 Å². The van der Waals surface area contributed by atoms with E-state index in [1.54, 1.807) is 12.2 Å². The van der Waals surface area contributed by atoms with E-state index in [-0.39, 0.29) is 13.4 Å². The van der Waals surface area contributed by atoms with Crippen LogP contribution in [-0.4, -0.2) is 32.2 Å². The van der Waals surface area contributed by atoms with Crippen molar-refractivity contribution < 1.29 is 19.0 Å². The molecule has 5 heteroatoms. The van der Waals surface area contributed by atoms with Crippen LogP contribution in [0, 0.1) is 0 Å². The van der Waals surface area contributed by atoms with Crippen LogP contribution < -0.4 is 5.73 Å². The van der Waals surface area contributed by atoms with Crippen molar-refractivity contribution in [3.05, 3.63) is 12.2 Å². The summed E-state index contributed by atoms with van der Waals surface area (Å²) < 4.78 is 14.6. The van der Waals surface area contributed by atoms with Crippen molar-refractivity contribution in [3.63, 3.8) is 0 Å². The van der Waals surface area contributed by atoms with Gasteiger partial charge in [0.05, 0.1) is 13.2 Å². The van der Waals surface area contributed by atoms with Gasteiger partial charge >= 0.3 is 6.09 Å². The fourth-order valence-corrected chi connectivity index (χ4v) is 0.825. The zero-order valence-corrected chi connectivity index (χ0v) is 8.56. The van der Waals surface area contributed by atoms with Crippen molar-refractivity contribution in [1.29, 1.82) is 0 Å². The minimum atomic E-state index is -0.797. The molecule has 0 aromatic carbocycles. The highest BCUT2D eigenvalue weighted by atomic mass is 16.7. The van der Waals surface area contributed by atoms with Gasteiger partial charge in [0.2, 0.25) is 0 Å². The molecule has 1 aliphatic rings. The monoisotopic (exact) mass is 203 g/mol. The summed E-state index contributed by atoms with van der Waals surface area (Å²) in [5.41, 5.74) is 4.83. The maximum absolute atomic E-state index is 10.3. The molecule has 0 saturated heterocycles. The molecule has 0 spiro atoms. The number of ether oxygens (including phenoxy) is 3. The second-order valence-electron chi connectivity index (χ2n) is 2.26. The lowest BCUT2D eigenvalue weighted by Crippen LogP contribution is -2.26. The molecule has 0 aromatic heterocycles. The van der Waals surface area contributed by atoms with Crippen LogP contribution in [0.15, 0.2) is 12.2 Å². The largest absolute Gasteiger partial charge is 0.440 e. The number of nitrogens with two attached hydrogens (primary N) is 1. The fraction of sp³-hybridized carbons (Fsp3) is 0.667. The van der Waals surface area contributed by atoms with Crippen LogP contribution in [0.4, 0.5) is 4.79 Å². The molecular formula is C9H17NO4. The van der Waals surface area contributed by atoms with E-state index in [9.17, 15) is 4.79 Å². The van der Waals surface area contributed by atoms with E-state index in [2.05, 4.69) is 0 Å². The lowest BCUT2D eigenvalue weighted by molar-refractivity contribution is -0.0696. The Kier molecular flexibility index (Phi) is 7.87. The summed E-state index contributed by atoms with van der Waals surface area (Å²) in [6, 6.07) is 0. The molecule has 1 aliphatic heterocycles. The van der Waals surface area contributed by atoms with Gasteiger partial charge in [-0.15, -0.1) is 0 Å². The smallest absolute Gasteiger partial charge is 0.405 e. The van der Waals surface area contributed by atoms with Crippen LogP contribution in [0.2, 0.25) is 0 Å². The minimum absolute atomic E-state index is 0.211. The summed E-state index contributed by atoms with van der Waals surface area (Å²) in [5, 5.41) is 0. The number of amides is 1. The lowest BCUT2D eigenvalue weighted by Gasteiger charge is -2.15. The molecule has 0 saturated carbocycles. The Hall–Kier alpha value is -1.07. The molecule has 0 fully saturated rings. The van der Waals surface area contributed by atoms with Crippen molar-refractivity contribution >= 4 is 6.09 Å². The molecule has 0 radical (unpaired) electrons. The second kappa shape index (κ2) is 8.52. The number of rotatable bonds is 1. The average molecular weight is 203 g/mol. The second-order valence-corrected chi connectivity index (χ2v) is 2.26. The first-order chi connectivity index (χ1) is 6.79.